The molecule has 0 saturated heterocycles. The number of carbonyl (C=O) groups excluding carboxylic acids is 1. The summed E-state index contributed by atoms with van der Waals surface area (Å²) in [5, 5.41) is 11.1. The zero-order valence-electron chi connectivity index (χ0n) is 13.0. The minimum absolute atomic E-state index is 0.0935. The number of ether oxygens (including phenoxy) is 1. The van der Waals surface area contributed by atoms with E-state index in [0.29, 0.717) is 19.7 Å². The van der Waals surface area contributed by atoms with Crippen molar-refractivity contribution in [2.24, 2.45) is 0 Å². The predicted octanol–water partition coefficient (Wildman–Crippen LogP) is 2.93. The minimum Gasteiger partial charge on any atom is -0.383 e. The van der Waals surface area contributed by atoms with Gasteiger partial charge in [0.2, 0.25) is 0 Å². The topological polar surface area (TPSA) is 85.6 Å². The standard InChI is InChI=1S/C16H16ClN3O4/c1-24-9-8-19(11-12-4-6-18-7-5-12)16(21)14-10-13(20(22)23)2-3-15(14)17/h2-7,10H,8-9,11H2,1H3. The van der Waals surface area contributed by atoms with Gasteiger partial charge in [-0.2, -0.15) is 0 Å². The Labute approximate surface area is 144 Å². The van der Waals surface area contributed by atoms with Crippen LogP contribution >= 0.6 is 11.6 Å². The third-order valence-electron chi connectivity index (χ3n) is 3.37. The molecule has 0 bridgehead atoms. The number of pyridine rings is 1. The molecule has 0 saturated carbocycles. The van der Waals surface area contributed by atoms with Crippen LogP contribution in [0.2, 0.25) is 5.02 Å². The summed E-state index contributed by atoms with van der Waals surface area (Å²) in [6.45, 7) is 0.990. The first-order chi connectivity index (χ1) is 11.5. The van der Waals surface area contributed by atoms with E-state index >= 15 is 0 Å². The lowest BCUT2D eigenvalue weighted by atomic mass is 10.1. The van der Waals surface area contributed by atoms with E-state index < -0.39 is 10.8 Å². The van der Waals surface area contributed by atoms with E-state index in [2.05, 4.69) is 4.98 Å². The summed E-state index contributed by atoms with van der Waals surface area (Å²) in [4.78, 5) is 28.6. The summed E-state index contributed by atoms with van der Waals surface area (Å²) >= 11 is 6.07. The number of nitro groups is 1. The van der Waals surface area contributed by atoms with Crippen molar-refractivity contribution in [2.75, 3.05) is 20.3 Å². The Morgan fingerprint density at radius 2 is 2.04 bits per heavy atom. The van der Waals surface area contributed by atoms with Crippen LogP contribution in [-0.4, -0.2) is 41.0 Å². The Morgan fingerprint density at radius 3 is 2.67 bits per heavy atom. The van der Waals surface area contributed by atoms with E-state index in [1.165, 1.54) is 30.2 Å². The number of amides is 1. The van der Waals surface area contributed by atoms with Crippen LogP contribution in [0.25, 0.3) is 0 Å². The number of nitrogens with zero attached hydrogens (tertiary/aromatic N) is 3. The lowest BCUT2D eigenvalue weighted by Crippen LogP contribution is -2.33. The zero-order valence-corrected chi connectivity index (χ0v) is 13.8. The number of hydrogen-bond donors (Lipinski definition) is 0. The highest BCUT2D eigenvalue weighted by molar-refractivity contribution is 6.33. The van der Waals surface area contributed by atoms with Crippen molar-refractivity contribution in [3.8, 4) is 0 Å². The van der Waals surface area contributed by atoms with E-state index in [0.717, 1.165) is 5.56 Å². The quantitative estimate of drug-likeness (QED) is 0.566. The van der Waals surface area contributed by atoms with Gasteiger partial charge in [0, 0.05) is 44.7 Å². The van der Waals surface area contributed by atoms with E-state index in [4.69, 9.17) is 16.3 Å². The van der Waals surface area contributed by atoms with E-state index in [9.17, 15) is 14.9 Å². The number of aromatic nitrogens is 1. The van der Waals surface area contributed by atoms with Gasteiger partial charge in [-0.1, -0.05) is 11.6 Å². The number of methoxy groups -OCH3 is 1. The van der Waals surface area contributed by atoms with Gasteiger partial charge in [0.15, 0.2) is 0 Å². The van der Waals surface area contributed by atoms with Crippen molar-refractivity contribution in [1.82, 2.24) is 9.88 Å². The molecule has 2 aromatic rings. The van der Waals surface area contributed by atoms with Crippen molar-refractivity contribution >= 4 is 23.2 Å². The molecule has 0 radical (unpaired) electrons. The van der Waals surface area contributed by atoms with Crippen molar-refractivity contribution < 1.29 is 14.5 Å². The molecule has 0 N–H and O–H groups in total. The molecule has 0 atom stereocenters. The molecule has 1 aromatic carbocycles. The lowest BCUT2D eigenvalue weighted by Gasteiger charge is -2.23. The van der Waals surface area contributed by atoms with Crippen molar-refractivity contribution in [1.29, 1.82) is 0 Å². The van der Waals surface area contributed by atoms with Gasteiger partial charge in [-0.25, -0.2) is 0 Å². The number of non-ortho nitro benzene ring substituents is 1. The number of benzene rings is 1. The second-order valence-corrected chi connectivity index (χ2v) is 5.40. The molecular weight excluding hydrogens is 334 g/mol. The van der Waals surface area contributed by atoms with Gasteiger partial charge in [0.1, 0.15) is 0 Å². The second kappa shape index (κ2) is 8.37. The summed E-state index contributed by atoms with van der Waals surface area (Å²) in [7, 11) is 1.54. The monoisotopic (exact) mass is 349 g/mol. The summed E-state index contributed by atoms with van der Waals surface area (Å²) in [6.07, 6.45) is 3.27. The van der Waals surface area contributed by atoms with Gasteiger partial charge >= 0.3 is 0 Å². The van der Waals surface area contributed by atoms with Crippen LogP contribution < -0.4 is 0 Å². The Bertz CT molecular complexity index is 725. The maximum Gasteiger partial charge on any atom is 0.270 e. The molecule has 7 nitrogen and oxygen atoms in total. The molecule has 0 unspecified atom stereocenters. The highest BCUT2D eigenvalue weighted by atomic mass is 35.5. The van der Waals surface area contributed by atoms with Crippen LogP contribution in [0, 0.1) is 10.1 Å². The van der Waals surface area contributed by atoms with Crippen LogP contribution in [0.1, 0.15) is 15.9 Å². The summed E-state index contributed by atoms with van der Waals surface area (Å²) in [6, 6.07) is 7.40. The predicted molar refractivity (Wildman–Crippen MR) is 89.0 cm³/mol. The normalized spacial score (nSPS) is 10.4. The van der Waals surface area contributed by atoms with Crippen LogP contribution in [-0.2, 0) is 11.3 Å². The van der Waals surface area contributed by atoms with Gasteiger partial charge in [0.05, 0.1) is 22.1 Å². The summed E-state index contributed by atoms with van der Waals surface area (Å²) in [5.41, 5.74) is 0.797. The SMILES string of the molecule is COCCN(Cc1ccncc1)C(=O)c1cc([N+](=O)[O-])ccc1Cl. The molecule has 0 aliphatic rings. The van der Waals surface area contributed by atoms with Crippen LogP contribution in [0.15, 0.2) is 42.7 Å². The maximum atomic E-state index is 12.8. The Balaban J connectivity index is 2.30. The first-order valence-electron chi connectivity index (χ1n) is 7.14. The number of rotatable bonds is 7. The average Bonchev–Trinajstić information content (AvgIpc) is 2.59. The van der Waals surface area contributed by atoms with E-state index in [-0.39, 0.29) is 16.3 Å². The molecule has 2 rings (SSSR count). The molecule has 1 amide bonds. The zero-order chi connectivity index (χ0) is 17.5. The third kappa shape index (κ3) is 4.50. The van der Waals surface area contributed by atoms with Gasteiger partial charge in [-0.3, -0.25) is 19.9 Å². The number of halogens is 1. The molecule has 24 heavy (non-hydrogen) atoms. The molecule has 0 aliphatic carbocycles. The number of hydrogen-bond acceptors (Lipinski definition) is 5. The number of carbonyl (C=O) groups is 1. The van der Waals surface area contributed by atoms with Gasteiger partial charge < -0.3 is 9.64 Å². The van der Waals surface area contributed by atoms with Gasteiger partial charge in [0.25, 0.3) is 11.6 Å². The van der Waals surface area contributed by atoms with E-state index in [1.54, 1.807) is 24.5 Å². The molecule has 0 spiro atoms. The second-order valence-electron chi connectivity index (χ2n) is 5.00. The van der Waals surface area contributed by atoms with Crippen molar-refractivity contribution in [3.63, 3.8) is 0 Å². The molecular formula is C16H16ClN3O4. The third-order valence-corrected chi connectivity index (χ3v) is 3.70. The summed E-state index contributed by atoms with van der Waals surface area (Å²) in [5.74, 6) is -0.391. The fourth-order valence-corrected chi connectivity index (χ4v) is 2.32. The smallest absolute Gasteiger partial charge is 0.270 e. The average molecular weight is 350 g/mol. The fraction of sp³-hybridized carbons (Fsp3) is 0.250. The summed E-state index contributed by atoms with van der Waals surface area (Å²) < 4.78 is 5.04. The molecule has 1 heterocycles. The molecule has 8 heteroatoms. The van der Waals surface area contributed by atoms with Crippen molar-refractivity contribution in [3.05, 3.63) is 69.0 Å². The first-order valence-corrected chi connectivity index (χ1v) is 7.51. The van der Waals surface area contributed by atoms with Crippen LogP contribution in [0.3, 0.4) is 0 Å². The van der Waals surface area contributed by atoms with Gasteiger partial charge in [-0.15, -0.1) is 0 Å². The molecule has 1 aromatic heterocycles. The minimum atomic E-state index is -0.560. The molecule has 126 valence electrons. The van der Waals surface area contributed by atoms with Crippen molar-refractivity contribution in [2.45, 2.75) is 6.54 Å². The molecule has 0 aliphatic heterocycles. The van der Waals surface area contributed by atoms with Crippen LogP contribution in [0.5, 0.6) is 0 Å². The van der Waals surface area contributed by atoms with Gasteiger partial charge in [-0.05, 0) is 23.8 Å². The largest absolute Gasteiger partial charge is 0.383 e. The highest BCUT2D eigenvalue weighted by Crippen LogP contribution is 2.24. The lowest BCUT2D eigenvalue weighted by molar-refractivity contribution is -0.384. The Morgan fingerprint density at radius 1 is 1.33 bits per heavy atom. The Hall–Kier alpha value is -2.51. The highest BCUT2D eigenvalue weighted by Gasteiger charge is 2.21. The number of nitro benzene ring substituents is 1. The van der Waals surface area contributed by atoms with Crippen LogP contribution in [0.4, 0.5) is 5.69 Å². The first kappa shape index (κ1) is 17.8. The molecule has 0 fully saturated rings. The van der Waals surface area contributed by atoms with E-state index in [1.807, 2.05) is 0 Å². The maximum absolute atomic E-state index is 12.8. The Kier molecular flexibility index (Phi) is 6.22. The fourth-order valence-electron chi connectivity index (χ4n) is 2.12.